The van der Waals surface area contributed by atoms with Crippen molar-refractivity contribution in [1.82, 2.24) is 5.32 Å². The van der Waals surface area contributed by atoms with Crippen LogP contribution < -0.4 is 16.0 Å². The Morgan fingerprint density at radius 2 is 2.14 bits per heavy atom. The summed E-state index contributed by atoms with van der Waals surface area (Å²) < 4.78 is 13.4. The average molecular weight is 293 g/mol. The van der Waals surface area contributed by atoms with Gasteiger partial charge in [0.25, 0.3) is 5.91 Å². The molecule has 0 aliphatic carbocycles. The topological polar surface area (TPSA) is 58.4 Å². The molecule has 116 valence electrons. The van der Waals surface area contributed by atoms with Gasteiger partial charge >= 0.3 is 0 Å². The van der Waals surface area contributed by atoms with Crippen LogP contribution in [-0.2, 0) is 0 Å². The van der Waals surface area contributed by atoms with Crippen LogP contribution in [0.5, 0.6) is 0 Å². The molecule has 1 aromatic rings. The minimum atomic E-state index is -0.573. The molecule has 1 fully saturated rings. The molecule has 0 aromatic heterocycles. The van der Waals surface area contributed by atoms with Crippen molar-refractivity contribution >= 4 is 11.6 Å². The van der Waals surface area contributed by atoms with E-state index in [1.54, 1.807) is 6.07 Å². The maximum absolute atomic E-state index is 13.4. The summed E-state index contributed by atoms with van der Waals surface area (Å²) >= 11 is 0. The molecule has 1 saturated heterocycles. The molecule has 21 heavy (non-hydrogen) atoms. The second-order valence-corrected chi connectivity index (χ2v) is 5.67. The first kappa shape index (κ1) is 15.8. The number of carbonyl (C=O) groups is 1. The lowest BCUT2D eigenvalue weighted by Crippen LogP contribution is -2.37. The highest BCUT2D eigenvalue weighted by Crippen LogP contribution is 2.25. The highest BCUT2D eigenvalue weighted by atomic mass is 19.1. The van der Waals surface area contributed by atoms with Crippen molar-refractivity contribution in [2.24, 2.45) is 11.7 Å². The smallest absolute Gasteiger partial charge is 0.250 e. The van der Waals surface area contributed by atoms with Gasteiger partial charge in [0.2, 0.25) is 0 Å². The molecule has 1 amide bonds. The van der Waals surface area contributed by atoms with E-state index in [0.717, 1.165) is 51.1 Å². The predicted octanol–water partition coefficient (Wildman–Crippen LogP) is 2.14. The number of primary amides is 1. The van der Waals surface area contributed by atoms with Crippen LogP contribution in [0.3, 0.4) is 0 Å². The molecule has 0 unspecified atom stereocenters. The molecule has 0 bridgehead atoms. The van der Waals surface area contributed by atoms with E-state index >= 15 is 0 Å². The van der Waals surface area contributed by atoms with E-state index in [0.29, 0.717) is 5.92 Å². The third kappa shape index (κ3) is 4.17. The Hall–Kier alpha value is -1.62. The summed E-state index contributed by atoms with van der Waals surface area (Å²) in [4.78, 5) is 13.8. The fraction of sp³-hybridized carbons (Fsp3) is 0.562. The Morgan fingerprint density at radius 3 is 2.76 bits per heavy atom. The Morgan fingerprint density at radius 1 is 1.43 bits per heavy atom. The first-order chi connectivity index (χ1) is 10.1. The van der Waals surface area contributed by atoms with Crippen LogP contribution in [0.1, 0.15) is 36.5 Å². The molecule has 2 rings (SSSR count). The number of benzene rings is 1. The molecular formula is C16H24FN3O. The quantitative estimate of drug-likeness (QED) is 0.845. The monoisotopic (exact) mass is 293 g/mol. The van der Waals surface area contributed by atoms with E-state index in [2.05, 4.69) is 17.1 Å². The first-order valence-electron chi connectivity index (χ1n) is 7.66. The number of nitrogens with one attached hydrogen (secondary N) is 1. The van der Waals surface area contributed by atoms with E-state index in [4.69, 9.17) is 5.73 Å². The van der Waals surface area contributed by atoms with Gasteiger partial charge in [-0.2, -0.15) is 0 Å². The van der Waals surface area contributed by atoms with Crippen LogP contribution in [0.25, 0.3) is 0 Å². The number of rotatable bonds is 6. The van der Waals surface area contributed by atoms with Gasteiger partial charge in [-0.05, 0) is 56.5 Å². The number of hydrogen-bond donors (Lipinski definition) is 2. The fourth-order valence-electron chi connectivity index (χ4n) is 2.94. The van der Waals surface area contributed by atoms with E-state index in [-0.39, 0.29) is 5.56 Å². The zero-order chi connectivity index (χ0) is 15.2. The number of piperidine rings is 1. The lowest BCUT2D eigenvalue weighted by molar-refractivity contribution is 0.1000. The lowest BCUT2D eigenvalue weighted by atomic mass is 9.96. The summed E-state index contributed by atoms with van der Waals surface area (Å²) in [5, 5.41) is 3.35. The maximum atomic E-state index is 13.4. The van der Waals surface area contributed by atoms with Gasteiger partial charge < -0.3 is 16.0 Å². The van der Waals surface area contributed by atoms with E-state index in [1.807, 2.05) is 0 Å². The first-order valence-corrected chi connectivity index (χ1v) is 7.66. The van der Waals surface area contributed by atoms with Crippen LogP contribution in [0.15, 0.2) is 18.2 Å². The molecule has 3 N–H and O–H groups in total. The summed E-state index contributed by atoms with van der Waals surface area (Å²) in [5.41, 5.74) is 6.44. The third-order valence-corrected chi connectivity index (χ3v) is 4.00. The van der Waals surface area contributed by atoms with Crippen molar-refractivity contribution in [3.63, 3.8) is 0 Å². The number of halogens is 1. The van der Waals surface area contributed by atoms with E-state index in [1.165, 1.54) is 12.1 Å². The van der Waals surface area contributed by atoms with Gasteiger partial charge in [0, 0.05) is 18.8 Å². The van der Waals surface area contributed by atoms with E-state index < -0.39 is 11.7 Å². The van der Waals surface area contributed by atoms with Crippen LogP contribution in [-0.4, -0.2) is 32.1 Å². The van der Waals surface area contributed by atoms with Crippen molar-refractivity contribution < 1.29 is 9.18 Å². The van der Waals surface area contributed by atoms with Crippen LogP contribution in [0.2, 0.25) is 0 Å². The molecule has 1 aromatic carbocycles. The van der Waals surface area contributed by atoms with E-state index in [9.17, 15) is 9.18 Å². The van der Waals surface area contributed by atoms with Crippen molar-refractivity contribution in [3.8, 4) is 0 Å². The second kappa shape index (κ2) is 7.41. The SMILES string of the molecule is CCCN(CC1CCNCC1)c1ccc(F)cc1C(N)=O. The molecule has 1 heterocycles. The number of nitrogens with zero attached hydrogens (tertiary/aromatic N) is 1. The zero-order valence-electron chi connectivity index (χ0n) is 12.6. The molecule has 0 spiro atoms. The van der Waals surface area contributed by atoms with Gasteiger partial charge in [-0.25, -0.2) is 4.39 Å². The summed E-state index contributed by atoms with van der Waals surface area (Å²) in [6.07, 6.45) is 3.24. The van der Waals surface area contributed by atoms with Crippen LogP contribution >= 0.6 is 0 Å². The van der Waals surface area contributed by atoms with Gasteiger partial charge in [0.1, 0.15) is 5.82 Å². The maximum Gasteiger partial charge on any atom is 0.250 e. The highest BCUT2D eigenvalue weighted by molar-refractivity contribution is 5.98. The van der Waals surface area contributed by atoms with Crippen LogP contribution in [0, 0.1) is 11.7 Å². The highest BCUT2D eigenvalue weighted by Gasteiger charge is 2.20. The summed E-state index contributed by atoms with van der Waals surface area (Å²) in [5.74, 6) is -0.398. The number of anilines is 1. The van der Waals surface area contributed by atoms with Crippen molar-refractivity contribution in [2.75, 3.05) is 31.1 Å². The Bertz CT molecular complexity index is 486. The number of nitrogens with two attached hydrogens (primary N) is 1. The number of carbonyl (C=O) groups excluding carboxylic acids is 1. The Labute approximate surface area is 125 Å². The molecule has 0 atom stereocenters. The van der Waals surface area contributed by atoms with Gasteiger partial charge in [-0.15, -0.1) is 0 Å². The molecular weight excluding hydrogens is 269 g/mol. The lowest BCUT2D eigenvalue weighted by Gasteiger charge is -2.32. The van der Waals surface area contributed by atoms with Gasteiger partial charge in [-0.3, -0.25) is 4.79 Å². The van der Waals surface area contributed by atoms with Crippen molar-refractivity contribution in [1.29, 1.82) is 0 Å². The fourth-order valence-corrected chi connectivity index (χ4v) is 2.94. The minimum Gasteiger partial charge on any atom is -0.371 e. The second-order valence-electron chi connectivity index (χ2n) is 5.67. The molecule has 0 saturated carbocycles. The molecule has 1 aliphatic rings. The van der Waals surface area contributed by atoms with Crippen molar-refractivity contribution in [2.45, 2.75) is 26.2 Å². The Kier molecular flexibility index (Phi) is 5.56. The van der Waals surface area contributed by atoms with Gasteiger partial charge in [0.15, 0.2) is 0 Å². The summed E-state index contributed by atoms with van der Waals surface area (Å²) in [6, 6.07) is 4.31. The summed E-state index contributed by atoms with van der Waals surface area (Å²) in [6.45, 7) is 5.91. The molecule has 4 nitrogen and oxygen atoms in total. The van der Waals surface area contributed by atoms with Gasteiger partial charge in [-0.1, -0.05) is 6.92 Å². The number of hydrogen-bond acceptors (Lipinski definition) is 3. The third-order valence-electron chi connectivity index (χ3n) is 4.00. The standard InChI is InChI=1S/C16H24FN3O/c1-2-9-20(11-12-5-7-19-8-6-12)15-4-3-13(17)10-14(15)16(18)21/h3-4,10,12,19H,2,5-9,11H2,1H3,(H2,18,21). The molecule has 0 radical (unpaired) electrons. The predicted molar refractivity (Wildman–Crippen MR) is 83.0 cm³/mol. The molecule has 1 aliphatic heterocycles. The van der Waals surface area contributed by atoms with Crippen molar-refractivity contribution in [3.05, 3.63) is 29.6 Å². The summed E-state index contributed by atoms with van der Waals surface area (Å²) in [7, 11) is 0. The largest absolute Gasteiger partial charge is 0.371 e. The zero-order valence-corrected chi connectivity index (χ0v) is 12.6. The normalized spacial score (nSPS) is 15.9. The molecule has 5 heteroatoms. The Balaban J connectivity index is 2.22. The average Bonchev–Trinajstić information content (AvgIpc) is 2.48. The van der Waals surface area contributed by atoms with Crippen LogP contribution in [0.4, 0.5) is 10.1 Å². The van der Waals surface area contributed by atoms with Gasteiger partial charge in [0.05, 0.1) is 5.56 Å². The minimum absolute atomic E-state index is 0.275. The number of amides is 1.